The van der Waals surface area contributed by atoms with Crippen LogP contribution < -0.4 is 15.4 Å². The number of nitrogens with one attached hydrogen (secondary N) is 1. The number of aryl methyl sites for hydroxylation is 1. The van der Waals surface area contributed by atoms with Gasteiger partial charge in [0.1, 0.15) is 11.8 Å². The van der Waals surface area contributed by atoms with Crippen LogP contribution in [0.25, 0.3) is 0 Å². The molecule has 0 unspecified atom stereocenters. The summed E-state index contributed by atoms with van der Waals surface area (Å²) >= 11 is 1.72. The Kier molecular flexibility index (Phi) is 6.85. The topological polar surface area (TPSA) is 54.9 Å². The van der Waals surface area contributed by atoms with Gasteiger partial charge in [-0.05, 0) is 43.0 Å². The summed E-state index contributed by atoms with van der Waals surface area (Å²) in [6.07, 6.45) is 0. The first kappa shape index (κ1) is 20.1. The summed E-state index contributed by atoms with van der Waals surface area (Å²) in [7, 11) is 1.65. The van der Waals surface area contributed by atoms with Crippen LogP contribution in [0.1, 0.15) is 34.5 Å². The summed E-state index contributed by atoms with van der Waals surface area (Å²) in [6.45, 7) is 4.55. The number of nitrogens with two attached hydrogens (primary N) is 1. The molecule has 1 heterocycles. The number of carbonyl (C=O) groups excluding carboxylic acids is 1. The molecular weight excluding hydrogens is 368 g/mol. The molecule has 0 bridgehead atoms. The Morgan fingerprint density at radius 1 is 1.11 bits per heavy atom. The number of carbonyl (C=O) groups is 1. The van der Waals surface area contributed by atoms with E-state index in [1.165, 1.54) is 16.0 Å². The van der Waals surface area contributed by atoms with Gasteiger partial charge in [-0.15, -0.1) is 11.3 Å². The number of quaternary nitrogens is 1. The average molecular weight is 396 g/mol. The Bertz CT molecular complexity index is 874. The molecule has 3 aromatic rings. The third-order valence-corrected chi connectivity index (χ3v) is 5.76. The Labute approximate surface area is 170 Å². The Morgan fingerprint density at radius 3 is 2.43 bits per heavy atom. The van der Waals surface area contributed by atoms with Gasteiger partial charge in [-0.3, -0.25) is 4.79 Å². The van der Waals surface area contributed by atoms with Crippen molar-refractivity contribution < 1.29 is 14.8 Å². The van der Waals surface area contributed by atoms with E-state index in [-0.39, 0.29) is 18.0 Å². The van der Waals surface area contributed by atoms with E-state index in [0.717, 1.165) is 11.3 Å². The van der Waals surface area contributed by atoms with Gasteiger partial charge in [0.15, 0.2) is 6.04 Å². The van der Waals surface area contributed by atoms with E-state index in [4.69, 9.17) is 4.74 Å². The molecule has 0 spiro atoms. The van der Waals surface area contributed by atoms with Crippen LogP contribution in [0, 0.1) is 6.92 Å². The number of hydrogen-bond donors (Lipinski definition) is 2. The molecule has 1 aromatic heterocycles. The lowest BCUT2D eigenvalue weighted by Gasteiger charge is -2.19. The van der Waals surface area contributed by atoms with Gasteiger partial charge in [0.25, 0.3) is 5.91 Å². The smallest absolute Gasteiger partial charge is 0.278 e. The molecule has 0 fully saturated rings. The third kappa shape index (κ3) is 5.21. The molecule has 4 nitrogen and oxygen atoms in total. The molecule has 146 valence electrons. The maximum absolute atomic E-state index is 12.7. The number of thiophene rings is 1. The fourth-order valence-electron chi connectivity index (χ4n) is 3.08. The van der Waals surface area contributed by atoms with Crippen LogP contribution in [0.4, 0.5) is 0 Å². The van der Waals surface area contributed by atoms with Gasteiger partial charge < -0.3 is 15.4 Å². The highest BCUT2D eigenvalue weighted by Crippen LogP contribution is 2.23. The maximum atomic E-state index is 12.7. The highest BCUT2D eigenvalue weighted by molar-refractivity contribution is 7.10. The normalized spacial score (nSPS) is 13.0. The first-order chi connectivity index (χ1) is 13.6. The highest BCUT2D eigenvalue weighted by Gasteiger charge is 2.25. The molecule has 0 aliphatic carbocycles. The van der Waals surface area contributed by atoms with Crippen LogP contribution in [0.3, 0.4) is 0 Å². The van der Waals surface area contributed by atoms with Gasteiger partial charge in [-0.2, -0.15) is 0 Å². The van der Waals surface area contributed by atoms with E-state index in [1.807, 2.05) is 31.2 Å². The second-order valence-corrected chi connectivity index (χ2v) is 7.93. The van der Waals surface area contributed by atoms with Crippen molar-refractivity contribution >= 4 is 17.2 Å². The van der Waals surface area contributed by atoms with Crippen LogP contribution in [0.15, 0.2) is 66.0 Å². The SMILES string of the molecule is COc1ccc(CNC(=O)[C@@H](C)[NH2+][C@@H](c2ccc(C)cc2)c2cccs2)cc1. The van der Waals surface area contributed by atoms with Crippen molar-refractivity contribution in [2.24, 2.45) is 0 Å². The summed E-state index contributed by atoms with van der Waals surface area (Å²) in [5, 5.41) is 7.26. The average Bonchev–Trinajstić information content (AvgIpc) is 3.25. The standard InChI is InChI=1S/C23H26N2O2S/c1-16-6-10-19(11-7-16)22(21-5-4-14-28-21)25-17(2)23(26)24-15-18-8-12-20(27-3)13-9-18/h4-14,17,22,25H,15H2,1-3H3,(H,24,26)/p+1/t17-,22+/m1/s1. The van der Waals surface area contributed by atoms with E-state index >= 15 is 0 Å². The number of methoxy groups -OCH3 is 1. The molecule has 3 N–H and O–H groups in total. The number of ether oxygens (including phenoxy) is 1. The van der Waals surface area contributed by atoms with Crippen molar-refractivity contribution in [2.45, 2.75) is 32.5 Å². The quantitative estimate of drug-likeness (QED) is 0.614. The third-order valence-electron chi connectivity index (χ3n) is 4.81. The summed E-state index contributed by atoms with van der Waals surface area (Å²) in [4.78, 5) is 13.9. The second-order valence-electron chi connectivity index (χ2n) is 6.95. The highest BCUT2D eigenvalue weighted by atomic mass is 32.1. The van der Waals surface area contributed by atoms with Gasteiger partial charge in [-0.25, -0.2) is 0 Å². The monoisotopic (exact) mass is 395 g/mol. The molecule has 2 atom stereocenters. The van der Waals surface area contributed by atoms with E-state index in [0.29, 0.717) is 6.54 Å². The van der Waals surface area contributed by atoms with Crippen LogP contribution in [0.2, 0.25) is 0 Å². The first-order valence-corrected chi connectivity index (χ1v) is 10.3. The second kappa shape index (κ2) is 9.53. The fourth-order valence-corrected chi connectivity index (χ4v) is 3.91. The minimum absolute atomic E-state index is 0.0319. The maximum Gasteiger partial charge on any atom is 0.278 e. The van der Waals surface area contributed by atoms with Crippen LogP contribution >= 0.6 is 11.3 Å². The molecule has 0 saturated carbocycles. The zero-order chi connectivity index (χ0) is 19.9. The van der Waals surface area contributed by atoms with E-state index in [9.17, 15) is 4.79 Å². The molecule has 0 aliphatic heterocycles. The Morgan fingerprint density at radius 2 is 1.82 bits per heavy atom. The summed E-state index contributed by atoms with van der Waals surface area (Å²) in [5.41, 5.74) is 3.50. The summed E-state index contributed by atoms with van der Waals surface area (Å²) in [5.74, 6) is 0.846. The van der Waals surface area contributed by atoms with E-state index in [1.54, 1.807) is 18.4 Å². The minimum Gasteiger partial charge on any atom is -0.497 e. The van der Waals surface area contributed by atoms with Crippen molar-refractivity contribution in [3.8, 4) is 5.75 Å². The zero-order valence-corrected chi connectivity index (χ0v) is 17.3. The van der Waals surface area contributed by atoms with Gasteiger partial charge in [-0.1, -0.05) is 48.0 Å². The summed E-state index contributed by atoms with van der Waals surface area (Å²) in [6, 6.07) is 20.4. The molecule has 0 aliphatic rings. The van der Waals surface area contributed by atoms with Crippen LogP contribution in [-0.2, 0) is 11.3 Å². The number of rotatable bonds is 8. The molecule has 5 heteroatoms. The molecule has 3 rings (SSSR count). The van der Waals surface area contributed by atoms with Gasteiger partial charge >= 0.3 is 0 Å². The van der Waals surface area contributed by atoms with Gasteiger partial charge in [0.2, 0.25) is 0 Å². The Hall–Kier alpha value is -2.63. The Balaban J connectivity index is 1.64. The molecule has 1 amide bonds. The zero-order valence-electron chi connectivity index (χ0n) is 16.5. The largest absolute Gasteiger partial charge is 0.497 e. The predicted octanol–water partition coefficient (Wildman–Crippen LogP) is 3.42. The van der Waals surface area contributed by atoms with Crippen molar-refractivity contribution in [2.75, 3.05) is 7.11 Å². The number of hydrogen-bond acceptors (Lipinski definition) is 3. The predicted molar refractivity (Wildman–Crippen MR) is 114 cm³/mol. The van der Waals surface area contributed by atoms with Crippen LogP contribution in [0.5, 0.6) is 5.75 Å². The summed E-state index contributed by atoms with van der Waals surface area (Å²) < 4.78 is 5.17. The number of benzene rings is 2. The van der Waals surface area contributed by atoms with Gasteiger partial charge in [0.05, 0.1) is 12.0 Å². The van der Waals surface area contributed by atoms with Crippen LogP contribution in [-0.4, -0.2) is 19.1 Å². The minimum atomic E-state index is -0.202. The molecule has 0 radical (unpaired) electrons. The van der Waals surface area contributed by atoms with Crippen molar-refractivity contribution in [1.82, 2.24) is 5.32 Å². The van der Waals surface area contributed by atoms with Crippen molar-refractivity contribution in [3.05, 3.63) is 87.6 Å². The lowest BCUT2D eigenvalue weighted by Crippen LogP contribution is -2.92. The lowest BCUT2D eigenvalue weighted by atomic mass is 10.0. The molecule has 28 heavy (non-hydrogen) atoms. The molecular formula is C23H27N2O2S+. The van der Waals surface area contributed by atoms with Crippen molar-refractivity contribution in [3.63, 3.8) is 0 Å². The number of amides is 1. The molecule has 0 saturated heterocycles. The van der Waals surface area contributed by atoms with E-state index < -0.39 is 0 Å². The first-order valence-electron chi connectivity index (χ1n) is 9.42. The fraction of sp³-hybridized carbons (Fsp3) is 0.261. The lowest BCUT2D eigenvalue weighted by molar-refractivity contribution is -0.704. The van der Waals surface area contributed by atoms with Gasteiger partial charge in [0, 0.05) is 12.1 Å². The van der Waals surface area contributed by atoms with Crippen molar-refractivity contribution in [1.29, 1.82) is 0 Å². The van der Waals surface area contributed by atoms with E-state index in [2.05, 4.69) is 59.3 Å². The molecule has 2 aromatic carbocycles.